The van der Waals surface area contributed by atoms with Crippen LogP contribution in [0.15, 0.2) is 52.3 Å². The number of fused-ring (bicyclic) bond motifs is 2. The fourth-order valence-electron chi connectivity index (χ4n) is 4.09. The van der Waals surface area contributed by atoms with Gasteiger partial charge in [0.1, 0.15) is 0 Å². The minimum atomic E-state index is -0.0983. The SMILES string of the molecule is COCCN1C(=O)c2ccccc2Sc2cc(NC(=O)N3CC4(COC4)C3)ccc21. The zero-order chi connectivity index (χ0) is 20.7. The number of hydrogen-bond donors (Lipinski definition) is 1. The topological polar surface area (TPSA) is 71.1 Å². The number of anilines is 2. The standard InChI is InChI=1S/C22H23N3O4S/c1-28-9-8-25-17-7-6-15(23-21(27)24-11-22(12-24)13-29-14-22)10-19(17)30-18-5-3-2-4-16(18)20(25)26/h2-7,10H,8-9,11-14H2,1H3,(H,23,27). The number of amides is 3. The van der Waals surface area contributed by atoms with Crippen molar-refractivity contribution < 1.29 is 19.1 Å². The lowest BCUT2D eigenvalue weighted by Gasteiger charge is -2.54. The van der Waals surface area contributed by atoms with Crippen LogP contribution in [-0.2, 0) is 9.47 Å². The summed E-state index contributed by atoms with van der Waals surface area (Å²) in [5.74, 6) is -0.0423. The van der Waals surface area contributed by atoms with E-state index in [0.717, 1.165) is 47.5 Å². The maximum Gasteiger partial charge on any atom is 0.321 e. The summed E-state index contributed by atoms with van der Waals surface area (Å²) in [6.45, 7) is 3.88. The average Bonchev–Trinajstić information content (AvgIpc) is 2.78. The van der Waals surface area contributed by atoms with Crippen molar-refractivity contribution >= 4 is 35.1 Å². The van der Waals surface area contributed by atoms with Gasteiger partial charge in [0, 0.05) is 42.2 Å². The lowest BCUT2D eigenvalue weighted by atomic mass is 9.78. The molecule has 7 nitrogen and oxygen atoms in total. The summed E-state index contributed by atoms with van der Waals surface area (Å²) in [6, 6.07) is 13.2. The van der Waals surface area contributed by atoms with Crippen molar-refractivity contribution in [3.8, 4) is 0 Å². The lowest BCUT2D eigenvalue weighted by molar-refractivity contribution is -0.174. The Labute approximate surface area is 179 Å². The molecule has 1 N–H and O–H groups in total. The number of urea groups is 1. The van der Waals surface area contributed by atoms with Crippen molar-refractivity contribution in [3.63, 3.8) is 0 Å². The molecule has 0 unspecified atom stereocenters. The van der Waals surface area contributed by atoms with E-state index >= 15 is 0 Å². The molecule has 30 heavy (non-hydrogen) atoms. The summed E-state index contributed by atoms with van der Waals surface area (Å²) in [5, 5.41) is 3.00. The Morgan fingerprint density at radius 1 is 1.20 bits per heavy atom. The molecule has 2 fully saturated rings. The van der Waals surface area contributed by atoms with E-state index in [4.69, 9.17) is 9.47 Å². The van der Waals surface area contributed by atoms with Gasteiger partial charge in [0.05, 0.1) is 36.5 Å². The third-order valence-electron chi connectivity index (χ3n) is 5.76. The van der Waals surface area contributed by atoms with Crippen LogP contribution in [0.3, 0.4) is 0 Å². The number of methoxy groups -OCH3 is 1. The number of likely N-dealkylation sites (tertiary alicyclic amines) is 1. The molecule has 0 radical (unpaired) electrons. The highest BCUT2D eigenvalue weighted by Gasteiger charge is 2.50. The Balaban J connectivity index is 1.40. The Bertz CT molecular complexity index is 1000. The normalized spacial score (nSPS) is 18.8. The third-order valence-corrected chi connectivity index (χ3v) is 6.88. The van der Waals surface area contributed by atoms with E-state index < -0.39 is 0 Å². The highest BCUT2D eigenvalue weighted by molar-refractivity contribution is 7.99. The highest BCUT2D eigenvalue weighted by atomic mass is 32.2. The van der Waals surface area contributed by atoms with E-state index in [1.165, 1.54) is 0 Å². The maximum absolute atomic E-state index is 13.2. The van der Waals surface area contributed by atoms with Gasteiger partial charge in [0.15, 0.2) is 0 Å². The molecule has 0 aromatic heterocycles. The minimum absolute atomic E-state index is 0.0423. The van der Waals surface area contributed by atoms with E-state index in [2.05, 4.69) is 5.32 Å². The predicted molar refractivity (Wildman–Crippen MR) is 114 cm³/mol. The van der Waals surface area contributed by atoms with Crippen molar-refractivity contribution in [3.05, 3.63) is 48.0 Å². The molecule has 1 spiro atoms. The molecular formula is C22H23N3O4S. The van der Waals surface area contributed by atoms with Crippen molar-refractivity contribution in [2.24, 2.45) is 5.41 Å². The second-order valence-electron chi connectivity index (χ2n) is 8.01. The van der Waals surface area contributed by atoms with E-state index in [9.17, 15) is 9.59 Å². The number of benzene rings is 2. The number of nitrogens with zero attached hydrogens (tertiary/aromatic N) is 2. The summed E-state index contributed by atoms with van der Waals surface area (Å²) >= 11 is 1.54. The monoisotopic (exact) mass is 425 g/mol. The van der Waals surface area contributed by atoms with Crippen molar-refractivity contribution in [1.82, 2.24) is 4.90 Å². The third kappa shape index (κ3) is 3.34. The molecule has 2 saturated heterocycles. The number of nitrogens with one attached hydrogen (secondary N) is 1. The zero-order valence-corrected chi connectivity index (χ0v) is 17.5. The van der Waals surface area contributed by atoms with Crippen molar-refractivity contribution in [2.45, 2.75) is 9.79 Å². The zero-order valence-electron chi connectivity index (χ0n) is 16.7. The first kappa shape index (κ1) is 19.4. The molecular weight excluding hydrogens is 402 g/mol. The molecule has 0 aliphatic carbocycles. The number of carbonyl (C=O) groups excluding carboxylic acids is 2. The Hall–Kier alpha value is -2.55. The predicted octanol–water partition coefficient (Wildman–Crippen LogP) is 3.31. The summed E-state index contributed by atoms with van der Waals surface area (Å²) in [5.41, 5.74) is 2.41. The number of ether oxygens (including phenoxy) is 2. The van der Waals surface area contributed by atoms with Gasteiger partial charge in [-0.05, 0) is 30.3 Å². The van der Waals surface area contributed by atoms with Gasteiger partial charge in [-0.2, -0.15) is 0 Å². The molecule has 0 saturated carbocycles. The molecule has 8 heteroatoms. The first-order chi connectivity index (χ1) is 14.6. The molecule has 5 rings (SSSR count). The van der Waals surface area contributed by atoms with Crippen LogP contribution in [0.2, 0.25) is 0 Å². The Kier molecular flexibility index (Phi) is 4.92. The summed E-state index contributed by atoms with van der Waals surface area (Å²) in [6.07, 6.45) is 0. The van der Waals surface area contributed by atoms with E-state index in [1.54, 1.807) is 23.8 Å². The van der Waals surface area contributed by atoms with Gasteiger partial charge in [-0.1, -0.05) is 23.9 Å². The molecule has 156 valence electrons. The Morgan fingerprint density at radius 2 is 2.00 bits per heavy atom. The number of rotatable bonds is 4. The van der Waals surface area contributed by atoms with Crippen LogP contribution in [0.4, 0.5) is 16.2 Å². The van der Waals surface area contributed by atoms with Gasteiger partial charge in [-0.3, -0.25) is 4.79 Å². The summed E-state index contributed by atoms with van der Waals surface area (Å²) in [4.78, 5) is 31.2. The van der Waals surface area contributed by atoms with E-state index in [1.807, 2.05) is 47.4 Å². The van der Waals surface area contributed by atoms with Crippen LogP contribution in [0.1, 0.15) is 10.4 Å². The quantitative estimate of drug-likeness (QED) is 0.814. The maximum atomic E-state index is 13.2. The van der Waals surface area contributed by atoms with E-state index in [-0.39, 0.29) is 17.4 Å². The smallest absolute Gasteiger partial charge is 0.321 e. The number of hydrogen-bond acceptors (Lipinski definition) is 5. The van der Waals surface area contributed by atoms with E-state index in [0.29, 0.717) is 18.7 Å². The minimum Gasteiger partial charge on any atom is -0.383 e. The van der Waals surface area contributed by atoms with Gasteiger partial charge in [-0.15, -0.1) is 0 Å². The molecule has 3 aliphatic rings. The highest BCUT2D eigenvalue weighted by Crippen LogP contribution is 2.43. The largest absolute Gasteiger partial charge is 0.383 e. The van der Waals surface area contributed by atoms with Crippen LogP contribution < -0.4 is 10.2 Å². The molecule has 0 bridgehead atoms. The van der Waals surface area contributed by atoms with Crippen LogP contribution in [0, 0.1) is 5.41 Å². The van der Waals surface area contributed by atoms with Gasteiger partial charge in [0.2, 0.25) is 0 Å². The summed E-state index contributed by atoms with van der Waals surface area (Å²) < 4.78 is 10.5. The summed E-state index contributed by atoms with van der Waals surface area (Å²) in [7, 11) is 1.63. The van der Waals surface area contributed by atoms with Gasteiger partial charge in [-0.25, -0.2) is 4.79 Å². The van der Waals surface area contributed by atoms with Crippen LogP contribution >= 0.6 is 11.8 Å². The second kappa shape index (κ2) is 7.61. The van der Waals surface area contributed by atoms with Crippen LogP contribution in [0.25, 0.3) is 0 Å². The van der Waals surface area contributed by atoms with Crippen LogP contribution in [-0.4, -0.2) is 63.4 Å². The van der Waals surface area contributed by atoms with Crippen molar-refractivity contribution in [1.29, 1.82) is 0 Å². The van der Waals surface area contributed by atoms with Gasteiger partial charge in [0.25, 0.3) is 5.91 Å². The fraction of sp³-hybridized carbons (Fsp3) is 0.364. The molecule has 3 amide bonds. The number of carbonyl (C=O) groups is 2. The molecule has 2 aromatic rings. The first-order valence-electron chi connectivity index (χ1n) is 9.94. The second-order valence-corrected chi connectivity index (χ2v) is 9.09. The molecule has 0 atom stereocenters. The van der Waals surface area contributed by atoms with Crippen LogP contribution in [0.5, 0.6) is 0 Å². The molecule has 3 heterocycles. The van der Waals surface area contributed by atoms with Gasteiger partial charge >= 0.3 is 6.03 Å². The first-order valence-corrected chi connectivity index (χ1v) is 10.8. The molecule has 2 aromatic carbocycles. The van der Waals surface area contributed by atoms with Gasteiger partial charge < -0.3 is 24.6 Å². The molecule has 3 aliphatic heterocycles. The lowest BCUT2D eigenvalue weighted by Crippen LogP contribution is -2.67. The average molecular weight is 426 g/mol. The Morgan fingerprint density at radius 3 is 2.73 bits per heavy atom. The fourth-order valence-corrected chi connectivity index (χ4v) is 5.21. The van der Waals surface area contributed by atoms with Crippen molar-refractivity contribution in [2.75, 3.05) is 56.8 Å².